The molecule has 3 aromatic rings. The summed E-state index contributed by atoms with van der Waals surface area (Å²) in [5.41, 5.74) is 2.39. The van der Waals surface area contributed by atoms with E-state index in [-0.39, 0.29) is 5.92 Å². The molecule has 3 rings (SSSR count). The van der Waals surface area contributed by atoms with Gasteiger partial charge in [-0.05, 0) is 34.9 Å². The lowest BCUT2D eigenvalue weighted by Gasteiger charge is -2.21. The summed E-state index contributed by atoms with van der Waals surface area (Å²) in [4.78, 5) is 24.3. The lowest BCUT2D eigenvalue weighted by molar-refractivity contribution is -0.139. The van der Waals surface area contributed by atoms with Crippen molar-refractivity contribution in [1.29, 1.82) is 0 Å². The van der Waals surface area contributed by atoms with Crippen molar-refractivity contribution in [3.8, 4) is 0 Å². The predicted octanol–water partition coefficient (Wildman–Crippen LogP) is 3.54. The van der Waals surface area contributed by atoms with Gasteiger partial charge in [0.25, 0.3) is 0 Å². The van der Waals surface area contributed by atoms with E-state index in [0.717, 1.165) is 11.1 Å². The van der Waals surface area contributed by atoms with Crippen LogP contribution in [0.5, 0.6) is 0 Å². The van der Waals surface area contributed by atoms with Gasteiger partial charge in [0.05, 0.1) is 5.92 Å². The van der Waals surface area contributed by atoms with E-state index >= 15 is 0 Å². The van der Waals surface area contributed by atoms with E-state index < -0.39 is 11.9 Å². The highest BCUT2D eigenvalue weighted by Gasteiger charge is 2.29. The molecule has 124 valence electrons. The number of hydrogen-bond donors (Lipinski definition) is 1. The molecule has 0 aromatic carbocycles. The first-order valence-corrected chi connectivity index (χ1v) is 7.86. The second-order valence-corrected chi connectivity index (χ2v) is 5.56. The summed E-state index contributed by atoms with van der Waals surface area (Å²) >= 11 is 0. The van der Waals surface area contributed by atoms with Crippen LogP contribution in [-0.4, -0.2) is 26.0 Å². The zero-order valence-electron chi connectivity index (χ0n) is 13.4. The third-order valence-corrected chi connectivity index (χ3v) is 3.92. The molecule has 3 heterocycles. The van der Waals surface area contributed by atoms with Crippen molar-refractivity contribution in [3.63, 3.8) is 0 Å². The third kappa shape index (κ3) is 4.14. The molecule has 0 saturated heterocycles. The molecule has 2 unspecified atom stereocenters. The first-order chi connectivity index (χ1) is 12.3. The van der Waals surface area contributed by atoms with Crippen LogP contribution >= 0.6 is 0 Å². The second-order valence-electron chi connectivity index (χ2n) is 5.56. The lowest BCUT2D eigenvalue weighted by Crippen LogP contribution is -2.19. The van der Waals surface area contributed by atoms with Crippen LogP contribution in [0.25, 0.3) is 6.08 Å². The molecule has 2 atom stereocenters. The molecule has 1 N–H and O–H groups in total. The first kappa shape index (κ1) is 16.5. The summed E-state index contributed by atoms with van der Waals surface area (Å²) in [5.74, 6) is -2.04. The second kappa shape index (κ2) is 7.97. The monoisotopic (exact) mass is 331 g/mol. The number of rotatable bonds is 6. The van der Waals surface area contributed by atoms with Crippen molar-refractivity contribution >= 4 is 12.0 Å². The minimum atomic E-state index is -0.905. The van der Waals surface area contributed by atoms with Crippen molar-refractivity contribution in [2.45, 2.75) is 11.8 Å². The predicted molar refractivity (Wildman–Crippen MR) is 94.9 cm³/mol. The summed E-state index contributed by atoms with van der Waals surface area (Å²) in [6.07, 6.45) is 13.8. The molecule has 5 nitrogen and oxygen atoms in total. The van der Waals surface area contributed by atoms with Gasteiger partial charge in [-0.15, -0.1) is 0 Å². The van der Waals surface area contributed by atoms with Gasteiger partial charge in [0.2, 0.25) is 0 Å². The maximum atomic E-state index is 12.0. The zero-order valence-corrected chi connectivity index (χ0v) is 13.4. The van der Waals surface area contributed by atoms with Crippen LogP contribution in [0.1, 0.15) is 28.5 Å². The fourth-order valence-corrected chi connectivity index (χ4v) is 2.74. The smallest absolute Gasteiger partial charge is 0.311 e. The van der Waals surface area contributed by atoms with Crippen LogP contribution in [0, 0.1) is 0 Å². The normalized spacial score (nSPS) is 13.4. The standard InChI is InChI=1S/C20H17N3O2/c24-20(25)19(17-6-3-11-23-14-17)18(16-5-2-10-22-13-16)8-7-15-4-1-9-21-12-15/h1-14,18-19H,(H,24,25)/b8-7+. The van der Waals surface area contributed by atoms with E-state index in [0.29, 0.717) is 5.56 Å². The highest BCUT2D eigenvalue weighted by Crippen LogP contribution is 2.34. The van der Waals surface area contributed by atoms with Gasteiger partial charge in [0, 0.05) is 43.1 Å². The number of aromatic nitrogens is 3. The van der Waals surface area contributed by atoms with Crippen LogP contribution in [0.3, 0.4) is 0 Å². The van der Waals surface area contributed by atoms with Gasteiger partial charge < -0.3 is 5.11 Å². The Balaban J connectivity index is 2.03. The Bertz CT molecular complexity index is 837. The average Bonchev–Trinajstić information content (AvgIpc) is 2.67. The van der Waals surface area contributed by atoms with Crippen LogP contribution in [-0.2, 0) is 4.79 Å². The molecular weight excluding hydrogens is 314 g/mol. The first-order valence-electron chi connectivity index (χ1n) is 7.86. The highest BCUT2D eigenvalue weighted by molar-refractivity contribution is 5.78. The van der Waals surface area contributed by atoms with E-state index in [1.807, 2.05) is 36.4 Å². The molecule has 0 aliphatic carbocycles. The minimum Gasteiger partial charge on any atom is -0.481 e. The van der Waals surface area contributed by atoms with Gasteiger partial charge >= 0.3 is 5.97 Å². The van der Waals surface area contributed by atoms with Crippen molar-refractivity contribution in [2.24, 2.45) is 0 Å². The average molecular weight is 331 g/mol. The molecule has 0 bridgehead atoms. The van der Waals surface area contributed by atoms with Crippen LogP contribution in [0.2, 0.25) is 0 Å². The van der Waals surface area contributed by atoms with E-state index in [1.54, 1.807) is 49.3 Å². The summed E-state index contributed by atoms with van der Waals surface area (Å²) < 4.78 is 0. The Hall–Kier alpha value is -3.34. The summed E-state index contributed by atoms with van der Waals surface area (Å²) in [5, 5.41) is 9.86. The molecule has 0 amide bonds. The van der Waals surface area contributed by atoms with Crippen molar-refractivity contribution < 1.29 is 9.90 Å². The van der Waals surface area contributed by atoms with Crippen LogP contribution < -0.4 is 0 Å². The zero-order chi connectivity index (χ0) is 17.5. The Morgan fingerprint density at radius 2 is 1.48 bits per heavy atom. The number of carbonyl (C=O) groups is 1. The summed E-state index contributed by atoms with van der Waals surface area (Å²) in [6.45, 7) is 0. The van der Waals surface area contributed by atoms with E-state index in [4.69, 9.17) is 0 Å². The van der Waals surface area contributed by atoms with Gasteiger partial charge in [-0.2, -0.15) is 0 Å². The molecule has 0 radical (unpaired) electrons. The summed E-state index contributed by atoms with van der Waals surface area (Å²) in [7, 11) is 0. The van der Waals surface area contributed by atoms with Crippen molar-refractivity contribution in [3.05, 3.63) is 96.3 Å². The number of aliphatic carboxylic acids is 1. The number of nitrogens with zero attached hydrogens (tertiary/aromatic N) is 3. The van der Waals surface area contributed by atoms with E-state index in [1.165, 1.54) is 0 Å². The van der Waals surface area contributed by atoms with Crippen molar-refractivity contribution in [1.82, 2.24) is 15.0 Å². The maximum absolute atomic E-state index is 12.0. The Labute approximate surface area is 145 Å². The molecule has 0 aliphatic heterocycles. The van der Waals surface area contributed by atoms with Gasteiger partial charge in [-0.25, -0.2) is 0 Å². The van der Waals surface area contributed by atoms with Gasteiger partial charge in [-0.3, -0.25) is 19.7 Å². The molecular formula is C20H17N3O2. The number of carboxylic acid groups (broad SMARTS) is 1. The number of allylic oxidation sites excluding steroid dienone is 1. The fraction of sp³-hybridized carbons (Fsp3) is 0.100. The quantitative estimate of drug-likeness (QED) is 0.747. The number of pyridine rings is 3. The Kier molecular flexibility index (Phi) is 5.26. The molecule has 0 fully saturated rings. The molecule has 25 heavy (non-hydrogen) atoms. The van der Waals surface area contributed by atoms with Crippen LogP contribution in [0.15, 0.2) is 79.7 Å². The van der Waals surface area contributed by atoms with E-state index in [2.05, 4.69) is 15.0 Å². The van der Waals surface area contributed by atoms with Gasteiger partial charge in [0.15, 0.2) is 0 Å². The molecule has 0 saturated carbocycles. The maximum Gasteiger partial charge on any atom is 0.311 e. The molecule has 0 aliphatic rings. The van der Waals surface area contributed by atoms with Gasteiger partial charge in [-0.1, -0.05) is 30.4 Å². The summed E-state index contributed by atoms with van der Waals surface area (Å²) in [6, 6.07) is 11.0. The lowest BCUT2D eigenvalue weighted by atomic mass is 9.82. The molecule has 5 heteroatoms. The third-order valence-electron chi connectivity index (χ3n) is 3.92. The number of carboxylic acids is 1. The van der Waals surface area contributed by atoms with Gasteiger partial charge in [0.1, 0.15) is 0 Å². The largest absolute Gasteiger partial charge is 0.481 e. The Morgan fingerprint density at radius 3 is 2.00 bits per heavy atom. The minimum absolute atomic E-state index is 0.379. The number of hydrogen-bond acceptors (Lipinski definition) is 4. The highest BCUT2D eigenvalue weighted by atomic mass is 16.4. The van der Waals surface area contributed by atoms with E-state index in [9.17, 15) is 9.90 Å². The Morgan fingerprint density at radius 1 is 0.880 bits per heavy atom. The molecule has 3 aromatic heterocycles. The molecule has 0 spiro atoms. The fourth-order valence-electron chi connectivity index (χ4n) is 2.74. The topological polar surface area (TPSA) is 76.0 Å². The van der Waals surface area contributed by atoms with Crippen molar-refractivity contribution in [2.75, 3.05) is 0 Å². The SMILES string of the molecule is O=C(O)C(c1cccnc1)C(/C=C/c1cccnc1)c1cccnc1. The van der Waals surface area contributed by atoms with Crippen LogP contribution in [0.4, 0.5) is 0 Å².